The Morgan fingerprint density at radius 1 is 1.45 bits per heavy atom. The number of hydrogen-bond acceptors (Lipinski definition) is 6. The van der Waals surface area contributed by atoms with Gasteiger partial charge >= 0.3 is 5.97 Å². The molecule has 2 heterocycles. The van der Waals surface area contributed by atoms with Crippen molar-refractivity contribution in [1.82, 2.24) is 15.3 Å². The number of nitrogens with one attached hydrogen (secondary N) is 1. The molecule has 0 saturated carbocycles. The lowest BCUT2D eigenvalue weighted by Crippen LogP contribution is -2.18. The number of esters is 1. The minimum Gasteiger partial charge on any atom is -0.463 e. The standard InChI is InChI=1S/C14H17N3O3/c1-9(12-4-5-13(20-12)14(18)19-3)16-8-11-6-7-15-10(2)17-11/h4-7,9,16H,8H2,1-3H3. The number of nitrogens with zero attached hydrogens (tertiary/aromatic N) is 2. The van der Waals surface area contributed by atoms with Crippen molar-refractivity contribution in [3.63, 3.8) is 0 Å². The van der Waals surface area contributed by atoms with Crippen LogP contribution >= 0.6 is 0 Å². The van der Waals surface area contributed by atoms with Crippen molar-refractivity contribution in [1.29, 1.82) is 0 Å². The molecule has 2 aromatic rings. The van der Waals surface area contributed by atoms with Crippen molar-refractivity contribution in [3.05, 3.63) is 47.4 Å². The molecule has 2 aromatic heterocycles. The highest BCUT2D eigenvalue weighted by atomic mass is 16.5. The van der Waals surface area contributed by atoms with E-state index in [1.807, 2.05) is 19.9 Å². The van der Waals surface area contributed by atoms with Crippen LogP contribution in [0.4, 0.5) is 0 Å². The van der Waals surface area contributed by atoms with Crippen molar-refractivity contribution < 1.29 is 13.9 Å². The van der Waals surface area contributed by atoms with Crippen LogP contribution in [-0.2, 0) is 11.3 Å². The summed E-state index contributed by atoms with van der Waals surface area (Å²) in [5, 5.41) is 3.28. The molecule has 6 heteroatoms. The summed E-state index contributed by atoms with van der Waals surface area (Å²) in [7, 11) is 1.32. The van der Waals surface area contributed by atoms with Gasteiger partial charge in [0.1, 0.15) is 11.6 Å². The van der Waals surface area contributed by atoms with Crippen LogP contribution in [0.2, 0.25) is 0 Å². The Labute approximate surface area is 117 Å². The second kappa shape index (κ2) is 6.29. The average Bonchev–Trinajstić information content (AvgIpc) is 2.94. The first kappa shape index (κ1) is 14.2. The van der Waals surface area contributed by atoms with Crippen LogP contribution in [0.1, 0.15) is 40.8 Å². The predicted molar refractivity (Wildman–Crippen MR) is 72.1 cm³/mol. The van der Waals surface area contributed by atoms with Crippen molar-refractivity contribution in [2.24, 2.45) is 0 Å². The minimum absolute atomic E-state index is 0.0383. The van der Waals surface area contributed by atoms with Crippen LogP contribution in [0.3, 0.4) is 0 Å². The van der Waals surface area contributed by atoms with Gasteiger partial charge in [0.25, 0.3) is 0 Å². The first-order valence-corrected chi connectivity index (χ1v) is 6.30. The Bertz CT molecular complexity index is 595. The molecule has 106 valence electrons. The van der Waals surface area contributed by atoms with Gasteiger partial charge in [-0.15, -0.1) is 0 Å². The molecule has 0 aliphatic carbocycles. The lowest BCUT2D eigenvalue weighted by molar-refractivity contribution is 0.0562. The SMILES string of the molecule is COC(=O)c1ccc(C(C)NCc2ccnc(C)n2)o1. The molecule has 0 fully saturated rings. The number of rotatable bonds is 5. The number of hydrogen-bond donors (Lipinski definition) is 1. The summed E-state index contributed by atoms with van der Waals surface area (Å²) >= 11 is 0. The molecule has 0 aliphatic rings. The van der Waals surface area contributed by atoms with Crippen LogP contribution < -0.4 is 5.32 Å². The first-order valence-electron chi connectivity index (χ1n) is 6.30. The van der Waals surface area contributed by atoms with Crippen molar-refractivity contribution in [2.75, 3.05) is 7.11 Å². The van der Waals surface area contributed by atoms with Gasteiger partial charge in [0, 0.05) is 12.7 Å². The van der Waals surface area contributed by atoms with E-state index >= 15 is 0 Å². The molecule has 6 nitrogen and oxygen atoms in total. The minimum atomic E-state index is -0.477. The number of ether oxygens (including phenoxy) is 1. The monoisotopic (exact) mass is 275 g/mol. The predicted octanol–water partition coefficient (Wildman–Crippen LogP) is 2.02. The topological polar surface area (TPSA) is 77.2 Å². The summed E-state index contributed by atoms with van der Waals surface area (Å²) < 4.78 is 10.0. The number of aromatic nitrogens is 2. The molecule has 1 unspecified atom stereocenters. The number of aryl methyl sites for hydroxylation is 1. The lowest BCUT2D eigenvalue weighted by atomic mass is 10.2. The van der Waals surface area contributed by atoms with Gasteiger partial charge < -0.3 is 14.5 Å². The normalized spacial score (nSPS) is 12.2. The third kappa shape index (κ3) is 3.42. The molecule has 0 saturated heterocycles. The third-order valence-electron chi connectivity index (χ3n) is 2.86. The maximum atomic E-state index is 11.3. The summed E-state index contributed by atoms with van der Waals surface area (Å²) in [6.45, 7) is 4.40. The molecule has 0 bridgehead atoms. The van der Waals surface area contributed by atoms with E-state index in [9.17, 15) is 4.79 Å². The van der Waals surface area contributed by atoms with Gasteiger partial charge in [0.15, 0.2) is 0 Å². The Hall–Kier alpha value is -2.21. The third-order valence-corrected chi connectivity index (χ3v) is 2.86. The van der Waals surface area contributed by atoms with Gasteiger partial charge in [-0.25, -0.2) is 14.8 Å². The van der Waals surface area contributed by atoms with E-state index in [0.717, 1.165) is 11.5 Å². The average molecular weight is 275 g/mol. The second-order valence-electron chi connectivity index (χ2n) is 4.39. The molecule has 2 rings (SSSR count). The largest absolute Gasteiger partial charge is 0.463 e. The van der Waals surface area contributed by atoms with Gasteiger partial charge in [0.05, 0.1) is 18.8 Å². The maximum Gasteiger partial charge on any atom is 0.373 e. The highest BCUT2D eigenvalue weighted by Gasteiger charge is 2.15. The number of carbonyl (C=O) groups is 1. The van der Waals surface area contributed by atoms with E-state index in [4.69, 9.17) is 4.42 Å². The van der Waals surface area contributed by atoms with Crippen molar-refractivity contribution >= 4 is 5.97 Å². The van der Waals surface area contributed by atoms with E-state index < -0.39 is 5.97 Å². The Kier molecular flexibility index (Phi) is 4.47. The quantitative estimate of drug-likeness (QED) is 0.841. The Morgan fingerprint density at radius 3 is 2.95 bits per heavy atom. The molecule has 0 amide bonds. The van der Waals surface area contributed by atoms with Crippen LogP contribution in [-0.4, -0.2) is 23.0 Å². The van der Waals surface area contributed by atoms with Gasteiger partial charge in [0.2, 0.25) is 5.76 Å². The Morgan fingerprint density at radius 2 is 2.25 bits per heavy atom. The molecule has 0 spiro atoms. The fourth-order valence-electron chi connectivity index (χ4n) is 1.76. The fraction of sp³-hybridized carbons (Fsp3) is 0.357. The smallest absolute Gasteiger partial charge is 0.373 e. The van der Waals surface area contributed by atoms with Crippen LogP contribution in [0.25, 0.3) is 0 Å². The zero-order chi connectivity index (χ0) is 14.5. The number of carbonyl (C=O) groups excluding carboxylic acids is 1. The van der Waals surface area contributed by atoms with Crippen LogP contribution in [0.15, 0.2) is 28.8 Å². The van der Waals surface area contributed by atoms with E-state index in [1.165, 1.54) is 7.11 Å². The lowest BCUT2D eigenvalue weighted by Gasteiger charge is -2.11. The molecule has 20 heavy (non-hydrogen) atoms. The highest BCUT2D eigenvalue weighted by Crippen LogP contribution is 2.17. The molecular weight excluding hydrogens is 258 g/mol. The van der Waals surface area contributed by atoms with E-state index in [2.05, 4.69) is 20.0 Å². The van der Waals surface area contributed by atoms with Crippen LogP contribution in [0, 0.1) is 6.92 Å². The van der Waals surface area contributed by atoms with Crippen LogP contribution in [0.5, 0.6) is 0 Å². The Balaban J connectivity index is 1.96. The van der Waals surface area contributed by atoms with E-state index in [-0.39, 0.29) is 11.8 Å². The molecule has 0 aromatic carbocycles. The maximum absolute atomic E-state index is 11.3. The number of furan rings is 1. The zero-order valence-corrected chi connectivity index (χ0v) is 11.7. The van der Waals surface area contributed by atoms with Gasteiger partial charge in [-0.1, -0.05) is 0 Å². The van der Waals surface area contributed by atoms with Gasteiger partial charge in [-0.05, 0) is 32.0 Å². The number of methoxy groups -OCH3 is 1. The van der Waals surface area contributed by atoms with E-state index in [0.29, 0.717) is 12.3 Å². The molecule has 1 atom stereocenters. The molecule has 1 N–H and O–H groups in total. The zero-order valence-electron chi connectivity index (χ0n) is 11.7. The van der Waals surface area contributed by atoms with Crippen molar-refractivity contribution in [2.45, 2.75) is 26.4 Å². The fourth-order valence-corrected chi connectivity index (χ4v) is 1.76. The molecule has 0 radical (unpaired) electrons. The summed E-state index contributed by atoms with van der Waals surface area (Å²) in [6, 6.07) is 5.18. The summed E-state index contributed by atoms with van der Waals surface area (Å²) in [5.74, 6) is 1.14. The van der Waals surface area contributed by atoms with E-state index in [1.54, 1.807) is 18.3 Å². The summed E-state index contributed by atoms with van der Waals surface area (Å²) in [4.78, 5) is 19.7. The van der Waals surface area contributed by atoms with Gasteiger partial charge in [-0.2, -0.15) is 0 Å². The summed E-state index contributed by atoms with van der Waals surface area (Å²) in [5.41, 5.74) is 0.907. The molecular formula is C14H17N3O3. The first-order chi connectivity index (χ1) is 9.60. The second-order valence-corrected chi connectivity index (χ2v) is 4.39. The van der Waals surface area contributed by atoms with Crippen molar-refractivity contribution in [3.8, 4) is 0 Å². The molecule has 0 aliphatic heterocycles. The summed E-state index contributed by atoms with van der Waals surface area (Å²) in [6.07, 6.45) is 1.73. The highest BCUT2D eigenvalue weighted by molar-refractivity contribution is 5.86. The van der Waals surface area contributed by atoms with Gasteiger partial charge in [-0.3, -0.25) is 0 Å².